The molecular weight excluding hydrogens is 567 g/mol. The van der Waals surface area contributed by atoms with Crippen molar-refractivity contribution in [1.82, 2.24) is 10.6 Å². The van der Waals surface area contributed by atoms with Crippen LogP contribution >= 0.6 is 43.2 Å². The fourth-order valence-corrected chi connectivity index (χ4v) is 9.65. The molecule has 11 heteroatoms. The molecule has 2 aliphatic rings. The van der Waals surface area contributed by atoms with E-state index in [0.29, 0.717) is 0 Å². The first-order valence-corrected chi connectivity index (χ1v) is 16.9. The van der Waals surface area contributed by atoms with Gasteiger partial charge in [-0.3, -0.25) is 0 Å². The Morgan fingerprint density at radius 2 is 0.971 bits per heavy atom. The number of carboxylic acid groups (broad SMARTS) is 2. The second-order valence-electron chi connectivity index (χ2n) is 8.29. The maximum absolute atomic E-state index is 10.6. The summed E-state index contributed by atoms with van der Waals surface area (Å²) in [5, 5.41) is 26.1. The Labute approximate surface area is 237 Å². The molecule has 2 amide bonds. The molecule has 2 unspecified atom stereocenters. The Balaban J connectivity index is 0.000000642. The Bertz CT molecular complexity index is 649. The quantitative estimate of drug-likeness (QED) is 0.169. The van der Waals surface area contributed by atoms with Crippen LogP contribution in [0.1, 0.15) is 105 Å². The van der Waals surface area contributed by atoms with Gasteiger partial charge in [-0.05, 0) is 72.3 Å². The summed E-state index contributed by atoms with van der Waals surface area (Å²) in [6.45, 7) is 8.66. The molecule has 6 nitrogen and oxygen atoms in total. The van der Waals surface area contributed by atoms with Crippen LogP contribution in [-0.2, 0) is 16.5 Å². The zero-order chi connectivity index (χ0) is 25.3. The van der Waals surface area contributed by atoms with Crippen LogP contribution in [0, 0.1) is 0 Å². The van der Waals surface area contributed by atoms with E-state index in [0.717, 1.165) is 51.4 Å². The van der Waals surface area contributed by atoms with Crippen molar-refractivity contribution in [3.8, 4) is 0 Å². The molecule has 2 aliphatic heterocycles. The summed E-state index contributed by atoms with van der Waals surface area (Å²) in [4.78, 5) is 24.0. The van der Waals surface area contributed by atoms with Crippen LogP contribution in [0.3, 0.4) is 0 Å². The van der Waals surface area contributed by atoms with Crippen molar-refractivity contribution in [3.05, 3.63) is 21.0 Å². The van der Waals surface area contributed by atoms with E-state index in [-0.39, 0.29) is 27.2 Å². The molecule has 0 spiro atoms. The molecule has 0 saturated heterocycles. The molecule has 2 rings (SSSR count). The molecule has 35 heavy (non-hydrogen) atoms. The van der Waals surface area contributed by atoms with E-state index in [4.69, 9.17) is 0 Å². The summed E-state index contributed by atoms with van der Waals surface area (Å²) in [5.74, 6) is 0. The average Bonchev–Trinajstić information content (AvgIpc) is 3.35. The van der Waals surface area contributed by atoms with Gasteiger partial charge in [0.25, 0.3) is 0 Å². The van der Waals surface area contributed by atoms with E-state index in [1.807, 2.05) is 0 Å². The minimum absolute atomic E-state index is 0. The van der Waals surface area contributed by atoms with Crippen molar-refractivity contribution in [1.29, 1.82) is 0 Å². The van der Waals surface area contributed by atoms with Crippen LogP contribution in [-0.4, -0.2) is 22.9 Å². The molecule has 0 aliphatic carbocycles. The minimum atomic E-state index is -1.17. The number of carbonyl (C=O) groups excluding carboxylic acids is 2. The monoisotopic (exact) mass is 606 g/mol. The third-order valence-electron chi connectivity index (χ3n) is 5.45. The molecule has 0 radical (unpaired) electrons. The Morgan fingerprint density at radius 1 is 0.657 bits per heavy atom. The third kappa shape index (κ3) is 13.9. The normalized spacial score (nSPS) is 19.2. The van der Waals surface area contributed by atoms with Crippen LogP contribution in [0.2, 0.25) is 0 Å². The van der Waals surface area contributed by atoms with E-state index in [9.17, 15) is 19.8 Å². The molecular formula is C24H40N2NiO4S4. The predicted molar refractivity (Wildman–Crippen MR) is 147 cm³/mol. The second-order valence-corrected chi connectivity index (χ2v) is 13.1. The summed E-state index contributed by atoms with van der Waals surface area (Å²) < 4.78 is 0. The number of rotatable bonds is 14. The molecule has 2 atom stereocenters. The first kappa shape index (κ1) is 34.9. The zero-order valence-electron chi connectivity index (χ0n) is 21.2. The van der Waals surface area contributed by atoms with E-state index in [1.165, 1.54) is 46.6 Å². The number of hydrogen-bond acceptors (Lipinski definition) is 8. The van der Waals surface area contributed by atoms with Crippen molar-refractivity contribution in [2.45, 2.75) is 115 Å². The first-order valence-electron chi connectivity index (χ1n) is 12.4. The van der Waals surface area contributed by atoms with Gasteiger partial charge in [0.1, 0.15) is 22.9 Å². The number of nitrogens with one attached hydrogen (secondary N) is 2. The van der Waals surface area contributed by atoms with Gasteiger partial charge in [-0.25, -0.2) is 0 Å². The van der Waals surface area contributed by atoms with Gasteiger partial charge in [0.05, 0.1) is 0 Å². The summed E-state index contributed by atoms with van der Waals surface area (Å²) in [6, 6.07) is 0. The van der Waals surface area contributed by atoms with Gasteiger partial charge in [-0.1, -0.05) is 96.6 Å². The van der Waals surface area contributed by atoms with Crippen LogP contribution in [0.4, 0.5) is 9.59 Å². The molecule has 0 saturated carbocycles. The summed E-state index contributed by atoms with van der Waals surface area (Å²) in [7, 11) is 6.66. The largest absolute Gasteiger partial charge is 2.00 e. The third-order valence-corrected chi connectivity index (χ3v) is 11.1. The van der Waals surface area contributed by atoms with Crippen LogP contribution < -0.4 is 20.8 Å². The van der Waals surface area contributed by atoms with Gasteiger partial charge in [0.2, 0.25) is 0 Å². The van der Waals surface area contributed by atoms with Gasteiger partial charge in [0.15, 0.2) is 0 Å². The van der Waals surface area contributed by atoms with Crippen molar-refractivity contribution in [2.75, 3.05) is 0 Å². The molecule has 0 fully saturated rings. The van der Waals surface area contributed by atoms with Crippen LogP contribution in [0.25, 0.3) is 0 Å². The van der Waals surface area contributed by atoms with Crippen molar-refractivity contribution in [2.24, 2.45) is 0 Å². The van der Waals surface area contributed by atoms with E-state index in [1.54, 1.807) is 43.2 Å². The van der Waals surface area contributed by atoms with Crippen molar-refractivity contribution in [3.63, 3.8) is 0 Å². The van der Waals surface area contributed by atoms with Gasteiger partial charge in [-0.2, -0.15) is 0 Å². The fraction of sp³-hybridized carbons (Fsp3) is 0.750. The zero-order valence-corrected chi connectivity index (χ0v) is 25.5. The molecule has 0 bridgehead atoms. The van der Waals surface area contributed by atoms with Gasteiger partial charge < -0.3 is 30.4 Å². The van der Waals surface area contributed by atoms with Gasteiger partial charge >= 0.3 is 16.5 Å². The Kier molecular flexibility index (Phi) is 20.9. The maximum Gasteiger partial charge on any atom is 2.00 e. The summed E-state index contributed by atoms with van der Waals surface area (Å²) in [5.41, 5.74) is 2.55. The van der Waals surface area contributed by atoms with Crippen molar-refractivity contribution < 1.29 is 36.3 Å². The standard InChI is InChI=1S/2C12H21NO2S2.Ni/c2*1-3-5-7-9-10(8-6-4-2)16-17-11(9)13-12(14)15;/h2*11,13H,3-8H2,1-2H3,(H,14,15);/q;;+2/p-2. The maximum atomic E-state index is 10.6. The van der Waals surface area contributed by atoms with Crippen molar-refractivity contribution >= 4 is 55.4 Å². The Morgan fingerprint density at radius 3 is 1.26 bits per heavy atom. The average molecular weight is 608 g/mol. The van der Waals surface area contributed by atoms with Gasteiger partial charge in [0, 0.05) is 0 Å². The fourth-order valence-electron chi connectivity index (χ4n) is 3.52. The Hall–Kier alpha value is -0.0865. The SMILES string of the molecule is CCCCC1=C(CCCC)C(NC(=O)[O-])SS1.CCCCC1=C(CCCC)C(NC(=O)[O-])SS1.[Ni+2]. The first-order chi connectivity index (χ1) is 16.4. The second kappa shape index (κ2) is 20.9. The topological polar surface area (TPSA) is 104 Å². The predicted octanol–water partition coefficient (Wildman–Crippen LogP) is 6.55. The smallest absolute Gasteiger partial charge is 0.530 e. The van der Waals surface area contributed by atoms with Crippen LogP contribution in [0.5, 0.6) is 0 Å². The summed E-state index contributed by atoms with van der Waals surface area (Å²) >= 11 is 0. The number of amides is 2. The molecule has 2 heterocycles. The molecule has 2 N–H and O–H groups in total. The van der Waals surface area contributed by atoms with E-state index >= 15 is 0 Å². The molecule has 0 aromatic heterocycles. The number of allylic oxidation sites excluding steroid dienone is 2. The number of unbranched alkanes of at least 4 members (excludes halogenated alkanes) is 4. The van der Waals surface area contributed by atoms with E-state index < -0.39 is 12.2 Å². The number of carbonyl (C=O) groups is 2. The van der Waals surface area contributed by atoms with Crippen LogP contribution in [0.15, 0.2) is 21.0 Å². The number of hydrogen-bond donors (Lipinski definition) is 2. The van der Waals surface area contributed by atoms with E-state index in [2.05, 4.69) is 38.3 Å². The minimum Gasteiger partial charge on any atom is -0.530 e. The molecule has 0 aromatic rings. The summed E-state index contributed by atoms with van der Waals surface area (Å²) in [6.07, 6.45) is 11.0. The van der Waals surface area contributed by atoms with Gasteiger partial charge in [-0.15, -0.1) is 0 Å². The molecule has 204 valence electrons. The molecule has 0 aromatic carbocycles.